The smallest absolute Gasteiger partial charge is 0.239 e. The van der Waals surface area contributed by atoms with Gasteiger partial charge in [0.15, 0.2) is 5.11 Å². The van der Waals surface area contributed by atoms with Crippen molar-refractivity contribution in [1.82, 2.24) is 10.6 Å². The Morgan fingerprint density at radius 3 is 2.63 bits per heavy atom. The fraction of sp³-hybridized carbons (Fsp3) is 0.333. The van der Waals surface area contributed by atoms with Crippen LogP contribution in [0.25, 0.3) is 0 Å². The molecule has 1 aromatic carbocycles. The van der Waals surface area contributed by atoms with E-state index in [0.717, 1.165) is 5.69 Å². The molecular weight excluding hydrogens is 286 g/mol. The summed E-state index contributed by atoms with van der Waals surface area (Å²) in [5, 5.41) is 9.47. The van der Waals surface area contributed by atoms with Crippen LogP contribution in [-0.4, -0.2) is 37.8 Å². The predicted octanol–water partition coefficient (Wildman–Crippen LogP) is 1.39. The third-order valence-electron chi connectivity index (χ3n) is 2.14. The molecule has 104 valence electrons. The van der Waals surface area contributed by atoms with Crippen LogP contribution in [0.2, 0.25) is 5.02 Å². The molecule has 0 saturated heterocycles. The molecule has 0 saturated carbocycles. The third kappa shape index (κ3) is 6.95. The predicted molar refractivity (Wildman–Crippen MR) is 80.6 cm³/mol. The van der Waals surface area contributed by atoms with Crippen LogP contribution in [0.5, 0.6) is 0 Å². The van der Waals surface area contributed by atoms with Gasteiger partial charge in [0.25, 0.3) is 0 Å². The lowest BCUT2D eigenvalue weighted by molar-refractivity contribution is -0.120. The second-order valence-corrected chi connectivity index (χ2v) is 4.50. The highest BCUT2D eigenvalue weighted by Gasteiger charge is 2.02. The van der Waals surface area contributed by atoms with Crippen molar-refractivity contribution in [3.05, 3.63) is 29.3 Å². The maximum absolute atomic E-state index is 11.4. The molecule has 0 aliphatic heterocycles. The van der Waals surface area contributed by atoms with Crippen LogP contribution in [0.15, 0.2) is 24.3 Å². The number of rotatable bonds is 6. The number of hydrogen-bond donors (Lipinski definition) is 3. The van der Waals surface area contributed by atoms with E-state index in [1.54, 1.807) is 31.4 Å². The molecule has 0 bridgehead atoms. The minimum atomic E-state index is -0.141. The lowest BCUT2D eigenvalue weighted by Gasteiger charge is -2.10. The Bertz CT molecular complexity index is 425. The quantitative estimate of drug-likeness (QED) is 0.547. The number of thiocarbonyl (C=S) groups is 1. The minimum Gasteiger partial charge on any atom is -0.383 e. The van der Waals surface area contributed by atoms with Gasteiger partial charge < -0.3 is 20.7 Å². The van der Waals surface area contributed by atoms with Gasteiger partial charge in [-0.05, 0) is 36.5 Å². The molecule has 3 N–H and O–H groups in total. The van der Waals surface area contributed by atoms with Crippen LogP contribution in [0, 0.1) is 0 Å². The number of hydrogen-bond acceptors (Lipinski definition) is 3. The highest BCUT2D eigenvalue weighted by Crippen LogP contribution is 2.12. The van der Waals surface area contributed by atoms with E-state index < -0.39 is 0 Å². The number of ether oxygens (including phenoxy) is 1. The van der Waals surface area contributed by atoms with Crippen molar-refractivity contribution in [1.29, 1.82) is 0 Å². The standard InChI is InChI=1S/C12H16ClN3O2S/c1-18-7-6-14-11(17)8-15-12(19)16-10-4-2-9(13)3-5-10/h2-5H,6-8H2,1H3,(H,14,17)(H2,15,16,19). The van der Waals surface area contributed by atoms with Crippen molar-refractivity contribution in [3.63, 3.8) is 0 Å². The van der Waals surface area contributed by atoms with E-state index in [0.29, 0.717) is 23.3 Å². The van der Waals surface area contributed by atoms with Crippen molar-refractivity contribution in [3.8, 4) is 0 Å². The van der Waals surface area contributed by atoms with E-state index in [1.807, 2.05) is 0 Å². The van der Waals surface area contributed by atoms with Crippen LogP contribution < -0.4 is 16.0 Å². The van der Waals surface area contributed by atoms with Crippen molar-refractivity contribution >= 4 is 40.5 Å². The number of carbonyl (C=O) groups excluding carboxylic acids is 1. The van der Waals surface area contributed by atoms with Gasteiger partial charge >= 0.3 is 0 Å². The average molecular weight is 302 g/mol. The fourth-order valence-corrected chi connectivity index (χ4v) is 1.54. The number of carbonyl (C=O) groups is 1. The van der Waals surface area contributed by atoms with Gasteiger partial charge in [-0.15, -0.1) is 0 Å². The summed E-state index contributed by atoms with van der Waals surface area (Å²) in [6.45, 7) is 1.08. The Kier molecular flexibility index (Phi) is 7.17. The summed E-state index contributed by atoms with van der Waals surface area (Å²) >= 11 is 10.8. The number of nitrogens with one attached hydrogen (secondary N) is 3. The van der Waals surface area contributed by atoms with Crippen LogP contribution >= 0.6 is 23.8 Å². The first-order valence-electron chi connectivity index (χ1n) is 5.68. The Hall–Kier alpha value is -1.37. The fourth-order valence-electron chi connectivity index (χ4n) is 1.22. The van der Waals surface area contributed by atoms with Crippen LogP contribution in [-0.2, 0) is 9.53 Å². The molecule has 5 nitrogen and oxygen atoms in total. The third-order valence-corrected chi connectivity index (χ3v) is 2.64. The monoisotopic (exact) mass is 301 g/mol. The number of amides is 1. The van der Waals surface area contributed by atoms with Gasteiger partial charge in [0.1, 0.15) is 0 Å². The zero-order valence-electron chi connectivity index (χ0n) is 10.5. The molecule has 0 radical (unpaired) electrons. The zero-order valence-corrected chi connectivity index (χ0v) is 12.1. The molecule has 0 spiro atoms. The summed E-state index contributed by atoms with van der Waals surface area (Å²) in [7, 11) is 1.58. The average Bonchev–Trinajstić information content (AvgIpc) is 2.39. The van der Waals surface area contributed by atoms with Crippen molar-refractivity contribution in [2.75, 3.05) is 32.1 Å². The molecule has 0 aromatic heterocycles. The van der Waals surface area contributed by atoms with Crippen molar-refractivity contribution in [2.24, 2.45) is 0 Å². The number of benzene rings is 1. The Labute approximate surface area is 122 Å². The number of methoxy groups -OCH3 is 1. The summed E-state index contributed by atoms with van der Waals surface area (Å²) in [4.78, 5) is 11.4. The molecular formula is C12H16ClN3O2S. The maximum Gasteiger partial charge on any atom is 0.239 e. The summed E-state index contributed by atoms with van der Waals surface area (Å²) in [6.07, 6.45) is 0. The zero-order chi connectivity index (χ0) is 14.1. The Balaban J connectivity index is 2.24. The first-order valence-corrected chi connectivity index (χ1v) is 6.46. The topological polar surface area (TPSA) is 62.4 Å². The minimum absolute atomic E-state index is 0.114. The van der Waals surface area contributed by atoms with Crippen molar-refractivity contribution < 1.29 is 9.53 Å². The molecule has 0 aliphatic rings. The molecule has 0 heterocycles. The highest BCUT2D eigenvalue weighted by atomic mass is 35.5. The molecule has 0 atom stereocenters. The van der Waals surface area contributed by atoms with Gasteiger partial charge in [-0.25, -0.2) is 0 Å². The molecule has 7 heteroatoms. The van der Waals surface area contributed by atoms with E-state index in [9.17, 15) is 4.79 Å². The summed E-state index contributed by atoms with van der Waals surface area (Å²) in [6, 6.07) is 7.11. The van der Waals surface area contributed by atoms with E-state index >= 15 is 0 Å². The molecule has 0 fully saturated rings. The van der Waals surface area contributed by atoms with Gasteiger partial charge in [-0.1, -0.05) is 11.6 Å². The van der Waals surface area contributed by atoms with Gasteiger partial charge in [0, 0.05) is 24.4 Å². The van der Waals surface area contributed by atoms with Crippen LogP contribution in [0.3, 0.4) is 0 Å². The highest BCUT2D eigenvalue weighted by molar-refractivity contribution is 7.80. The largest absolute Gasteiger partial charge is 0.383 e. The summed E-state index contributed by atoms with van der Waals surface area (Å²) in [5.74, 6) is -0.141. The Morgan fingerprint density at radius 1 is 1.32 bits per heavy atom. The maximum atomic E-state index is 11.4. The van der Waals surface area contributed by atoms with E-state index in [-0.39, 0.29) is 12.5 Å². The first-order chi connectivity index (χ1) is 9.11. The van der Waals surface area contributed by atoms with Crippen LogP contribution in [0.4, 0.5) is 5.69 Å². The molecule has 1 aromatic rings. The van der Waals surface area contributed by atoms with E-state index in [4.69, 9.17) is 28.6 Å². The van der Waals surface area contributed by atoms with Crippen LogP contribution in [0.1, 0.15) is 0 Å². The normalized spacial score (nSPS) is 9.79. The van der Waals surface area contributed by atoms with Gasteiger partial charge in [-0.2, -0.15) is 0 Å². The number of halogens is 1. The molecule has 19 heavy (non-hydrogen) atoms. The molecule has 0 aliphatic carbocycles. The lowest BCUT2D eigenvalue weighted by atomic mass is 10.3. The van der Waals surface area contributed by atoms with E-state index in [2.05, 4.69) is 16.0 Å². The molecule has 1 amide bonds. The van der Waals surface area contributed by atoms with E-state index in [1.165, 1.54) is 0 Å². The molecule has 0 unspecified atom stereocenters. The van der Waals surface area contributed by atoms with Gasteiger partial charge in [-0.3, -0.25) is 4.79 Å². The number of anilines is 1. The summed E-state index contributed by atoms with van der Waals surface area (Å²) < 4.78 is 4.82. The molecule has 1 rings (SSSR count). The first kappa shape index (κ1) is 15.7. The Morgan fingerprint density at radius 2 is 2.00 bits per heavy atom. The SMILES string of the molecule is COCCNC(=O)CNC(=S)Nc1ccc(Cl)cc1. The van der Waals surface area contributed by atoms with Crippen molar-refractivity contribution in [2.45, 2.75) is 0 Å². The second kappa shape index (κ2) is 8.68. The second-order valence-electron chi connectivity index (χ2n) is 3.66. The lowest BCUT2D eigenvalue weighted by Crippen LogP contribution is -2.39. The summed E-state index contributed by atoms with van der Waals surface area (Å²) in [5.41, 5.74) is 0.807. The van der Waals surface area contributed by atoms with Gasteiger partial charge in [0.05, 0.1) is 13.2 Å². The van der Waals surface area contributed by atoms with Gasteiger partial charge in [0.2, 0.25) is 5.91 Å².